The molecule has 1 spiro atoms. The molecule has 69 heavy (non-hydrogen) atoms. The summed E-state index contributed by atoms with van der Waals surface area (Å²) in [5.41, 5.74) is 9.58. The van der Waals surface area contributed by atoms with E-state index in [9.17, 15) is 29.1 Å². The molecule has 0 radical (unpaired) electrons. The quantitative estimate of drug-likeness (QED) is 0.121. The van der Waals surface area contributed by atoms with Gasteiger partial charge in [0.2, 0.25) is 17.7 Å². The first-order valence-electron chi connectivity index (χ1n) is 24.7. The number of carbonyl (C=O) groups is 5. The minimum absolute atomic E-state index is 0.00183. The van der Waals surface area contributed by atoms with E-state index in [2.05, 4.69) is 59.6 Å². The van der Waals surface area contributed by atoms with Crippen LogP contribution in [0.5, 0.6) is 5.75 Å². The average Bonchev–Trinajstić information content (AvgIpc) is 4.11. The number of phenolic OH excluding ortho intramolecular Hbond substituents is 1. The Morgan fingerprint density at radius 1 is 1.06 bits per heavy atom. The summed E-state index contributed by atoms with van der Waals surface area (Å²) < 4.78 is 14.2. The number of likely N-dealkylation sites (N-methyl/N-ethyl adjacent to an activating group) is 1. The number of pyridine rings is 1. The Morgan fingerprint density at radius 3 is 2.51 bits per heavy atom. The molecule has 1 saturated carbocycles. The Balaban J connectivity index is 1.05. The highest BCUT2D eigenvalue weighted by atomic mass is 16.5. The predicted molar refractivity (Wildman–Crippen MR) is 260 cm³/mol. The average molecular weight is 945 g/mol. The van der Waals surface area contributed by atoms with Crippen LogP contribution >= 0.6 is 0 Å². The molecule has 3 saturated heterocycles. The van der Waals surface area contributed by atoms with E-state index in [1.165, 1.54) is 9.91 Å². The largest absolute Gasteiger partial charge is 0.508 e. The summed E-state index contributed by atoms with van der Waals surface area (Å²) in [5, 5.41) is 19.9. The molecule has 4 fully saturated rings. The van der Waals surface area contributed by atoms with Gasteiger partial charge in [0.1, 0.15) is 23.9 Å². The Hall–Kier alpha value is -5.84. The van der Waals surface area contributed by atoms with E-state index in [0.29, 0.717) is 70.4 Å². The number of hydrogen-bond acceptors (Lipinski definition) is 11. The molecule has 1 unspecified atom stereocenters. The second kappa shape index (κ2) is 18.8. The van der Waals surface area contributed by atoms with E-state index in [1.807, 2.05) is 43.9 Å². The maximum atomic E-state index is 14.8. The smallest absolute Gasteiger partial charge is 0.324 e. The molecule has 1 aliphatic carbocycles. The number of aromatic nitrogens is 2. The first-order chi connectivity index (χ1) is 32.9. The Kier molecular flexibility index (Phi) is 13.1. The number of fused-ring (bicyclic) bond motifs is 6. The molecule has 4 aromatic rings. The second-order valence-corrected chi connectivity index (χ2v) is 21.4. The van der Waals surface area contributed by atoms with Crippen LogP contribution in [0.2, 0.25) is 0 Å². The molecule has 16 heteroatoms. The van der Waals surface area contributed by atoms with Crippen LogP contribution in [0.25, 0.3) is 33.3 Å². The van der Waals surface area contributed by atoms with Gasteiger partial charge in [-0.1, -0.05) is 39.8 Å². The number of cyclic esters (lactones) is 1. The number of rotatable bonds is 10. The summed E-state index contributed by atoms with van der Waals surface area (Å²) in [7, 11) is 3.33. The zero-order valence-electron chi connectivity index (χ0n) is 41.3. The van der Waals surface area contributed by atoms with Gasteiger partial charge >= 0.3 is 5.97 Å². The normalized spacial score (nSPS) is 23.1. The predicted octanol–water partition coefficient (Wildman–Crippen LogP) is 5.15. The number of nitrogens with zero attached hydrogens (tertiary/aromatic N) is 5. The fourth-order valence-corrected chi connectivity index (χ4v) is 11.5. The number of hydrazine groups is 1. The maximum absolute atomic E-state index is 14.8. The number of phenols is 1. The van der Waals surface area contributed by atoms with Crippen molar-refractivity contribution in [1.29, 1.82) is 0 Å². The molecular weight excluding hydrogens is 877 g/mol. The fraction of sp³-hybridized carbons (Fsp3) is 0.547. The van der Waals surface area contributed by atoms with Crippen molar-refractivity contribution in [3.8, 4) is 28.1 Å². The van der Waals surface area contributed by atoms with Crippen molar-refractivity contribution < 1.29 is 38.6 Å². The standard InChI is InChI=1S/C53H68N8O8/c1-9-60-43-15-14-33-22-38(43)39(46(60)37-12-10-16-54-44(37)31(4)68-8)25-52(5,6)29-69-51(67)40-13-11-17-61(57-40)50(66)41(20-32-18-34(33)21-36(62)19-32)56-47(63)45(30(2)3)58(7)48(64)35-23-53(24-35)27-59(28-53)49(65)42-26-55-42/h10,12,14-16,18-19,21-22,30-31,35,40-42,45,55,57,62H,9,11,13,17,20,23-29H2,1-8H3,(H,56,63)/t31-,40-,41-,42+,45?/m0/s1. The molecule has 5 aliphatic rings. The monoisotopic (exact) mass is 945 g/mol. The first kappa shape index (κ1) is 48.2. The lowest BCUT2D eigenvalue weighted by Gasteiger charge is -2.59. The third kappa shape index (κ3) is 9.47. The SMILES string of the molecule is CCn1c(-c2cccnc2[C@H](C)OC)c2c3cc(ccc31)-c1cc(O)cc(c1)C[C@H](NC(=O)C(C(C)C)N(C)C(=O)C1CC3(C1)CN(C(=O)[C@H]1CN1)C3)C(=O)N1CCC[C@H](N1)C(=O)OCC(C)(C)C2. The lowest BCUT2D eigenvalue weighted by atomic mass is 9.57. The fourth-order valence-electron chi connectivity index (χ4n) is 11.5. The van der Waals surface area contributed by atoms with Crippen molar-refractivity contribution in [3.05, 3.63) is 71.5 Å². The van der Waals surface area contributed by atoms with Crippen LogP contribution in [0.15, 0.2) is 54.7 Å². The number of amides is 4. The Bertz CT molecular complexity index is 2660. The number of esters is 1. The van der Waals surface area contributed by atoms with Crippen molar-refractivity contribution in [2.45, 2.75) is 117 Å². The summed E-state index contributed by atoms with van der Waals surface area (Å²) >= 11 is 0. The van der Waals surface area contributed by atoms with Gasteiger partial charge in [0.25, 0.3) is 5.91 Å². The molecule has 6 bridgehead atoms. The van der Waals surface area contributed by atoms with Gasteiger partial charge in [-0.25, -0.2) is 5.43 Å². The van der Waals surface area contributed by atoms with Gasteiger partial charge in [0.15, 0.2) is 0 Å². The van der Waals surface area contributed by atoms with Gasteiger partial charge in [-0.15, -0.1) is 0 Å². The molecule has 368 valence electrons. The van der Waals surface area contributed by atoms with E-state index in [-0.39, 0.29) is 60.0 Å². The zero-order valence-corrected chi connectivity index (χ0v) is 41.3. The molecule has 9 rings (SSSR count). The number of aromatic hydroxyl groups is 1. The Labute approximate surface area is 404 Å². The van der Waals surface area contributed by atoms with Gasteiger partial charge in [-0.2, -0.15) is 0 Å². The number of likely N-dealkylation sites (tertiary alicyclic amines) is 1. The summed E-state index contributed by atoms with van der Waals surface area (Å²) in [4.78, 5) is 78.2. The van der Waals surface area contributed by atoms with Crippen molar-refractivity contribution in [1.82, 2.24) is 40.4 Å². The van der Waals surface area contributed by atoms with Crippen LogP contribution in [-0.2, 0) is 52.8 Å². The second-order valence-electron chi connectivity index (χ2n) is 21.4. The number of methoxy groups -OCH3 is 1. The number of ether oxygens (including phenoxy) is 2. The third-order valence-electron chi connectivity index (χ3n) is 15.1. The summed E-state index contributed by atoms with van der Waals surface area (Å²) in [6.45, 7) is 15.1. The zero-order chi connectivity index (χ0) is 49.1. The molecule has 4 N–H and O–H groups in total. The van der Waals surface area contributed by atoms with Crippen LogP contribution in [0.4, 0.5) is 0 Å². The minimum atomic E-state index is -1.14. The Morgan fingerprint density at radius 2 is 1.81 bits per heavy atom. The van der Waals surface area contributed by atoms with Gasteiger partial charge < -0.3 is 39.6 Å². The highest BCUT2D eigenvalue weighted by Gasteiger charge is 2.57. The van der Waals surface area contributed by atoms with Crippen LogP contribution in [0.1, 0.15) is 90.2 Å². The lowest BCUT2D eigenvalue weighted by molar-refractivity contribution is -0.166. The molecule has 6 heterocycles. The summed E-state index contributed by atoms with van der Waals surface area (Å²) in [5.74, 6) is -1.97. The molecular formula is C53H68N8O8. The highest BCUT2D eigenvalue weighted by Crippen LogP contribution is 2.53. The van der Waals surface area contributed by atoms with Crippen LogP contribution in [-0.4, -0.2) is 130 Å². The maximum Gasteiger partial charge on any atom is 0.324 e. The molecule has 2 aromatic carbocycles. The van der Waals surface area contributed by atoms with Crippen molar-refractivity contribution in [2.24, 2.45) is 22.7 Å². The molecule has 4 aliphatic heterocycles. The van der Waals surface area contributed by atoms with Gasteiger partial charge in [-0.05, 0) is 111 Å². The van der Waals surface area contributed by atoms with Crippen molar-refractivity contribution >= 4 is 40.5 Å². The molecule has 4 amide bonds. The van der Waals surface area contributed by atoms with Crippen LogP contribution in [0, 0.1) is 22.7 Å². The van der Waals surface area contributed by atoms with E-state index in [1.54, 1.807) is 32.5 Å². The van der Waals surface area contributed by atoms with E-state index in [0.717, 1.165) is 44.5 Å². The van der Waals surface area contributed by atoms with Crippen molar-refractivity contribution in [2.75, 3.05) is 46.9 Å². The first-order valence-corrected chi connectivity index (χ1v) is 24.7. The van der Waals surface area contributed by atoms with Gasteiger partial charge in [-0.3, -0.25) is 34.0 Å². The number of aryl methyl sites for hydroxylation is 1. The number of nitrogens with one attached hydrogen (secondary N) is 3. The summed E-state index contributed by atoms with van der Waals surface area (Å²) in [6, 6.07) is 12.6. The van der Waals surface area contributed by atoms with E-state index < -0.39 is 41.3 Å². The number of carbonyl (C=O) groups excluding carboxylic acids is 5. The topological polar surface area (TPSA) is 198 Å². The van der Waals surface area contributed by atoms with Gasteiger partial charge in [0.05, 0.1) is 30.1 Å². The highest BCUT2D eigenvalue weighted by molar-refractivity contribution is 5.96. The van der Waals surface area contributed by atoms with E-state index in [4.69, 9.17) is 14.5 Å². The van der Waals surface area contributed by atoms with Crippen LogP contribution < -0.4 is 16.1 Å². The van der Waals surface area contributed by atoms with E-state index >= 15 is 0 Å². The molecule has 2 aromatic heterocycles. The van der Waals surface area contributed by atoms with Crippen LogP contribution in [0.3, 0.4) is 0 Å². The number of benzene rings is 2. The molecule has 16 nitrogen and oxygen atoms in total. The minimum Gasteiger partial charge on any atom is -0.508 e. The third-order valence-corrected chi connectivity index (χ3v) is 15.1. The number of hydrogen-bond donors (Lipinski definition) is 4. The lowest BCUT2D eigenvalue weighted by Crippen LogP contribution is -2.67. The van der Waals surface area contributed by atoms with Gasteiger partial charge in [0, 0.05) is 92.7 Å². The van der Waals surface area contributed by atoms with Crippen molar-refractivity contribution in [3.63, 3.8) is 0 Å². The summed E-state index contributed by atoms with van der Waals surface area (Å²) in [6.07, 6.45) is 4.34. The molecule has 5 atom stereocenters.